The van der Waals surface area contributed by atoms with Gasteiger partial charge in [-0.05, 0) is 13.8 Å². The highest BCUT2D eigenvalue weighted by atomic mass is 16.7. The molecule has 1 rings (SSSR count). The summed E-state index contributed by atoms with van der Waals surface area (Å²) in [5.41, 5.74) is -0.756. The predicted octanol–water partition coefficient (Wildman–Crippen LogP) is -1.23. The summed E-state index contributed by atoms with van der Waals surface area (Å²) in [4.78, 5) is 0. The number of ether oxygens (including phenoxy) is 2. The fraction of sp³-hybridized carbons (Fsp3) is 0.818. The van der Waals surface area contributed by atoms with Gasteiger partial charge in [0.05, 0.1) is 12.2 Å². The first-order valence-corrected chi connectivity index (χ1v) is 5.44. The van der Waals surface area contributed by atoms with Gasteiger partial charge in [0.1, 0.15) is 24.4 Å². The second-order valence-electron chi connectivity index (χ2n) is 4.62. The van der Waals surface area contributed by atoms with Crippen LogP contribution in [0.4, 0.5) is 0 Å². The molecule has 0 bridgehead atoms. The second-order valence-corrected chi connectivity index (χ2v) is 4.62. The molecule has 0 radical (unpaired) electrons. The first kappa shape index (κ1) is 14.6. The van der Waals surface area contributed by atoms with Crippen molar-refractivity contribution in [1.29, 1.82) is 0 Å². The molecule has 0 aromatic carbocycles. The molecule has 0 aliphatic carbocycles. The van der Waals surface area contributed by atoms with Crippen LogP contribution >= 0.6 is 0 Å². The molecule has 0 amide bonds. The highest BCUT2D eigenvalue weighted by Crippen LogP contribution is 2.25. The maximum Gasteiger partial charge on any atom is 0.187 e. The lowest BCUT2D eigenvalue weighted by Gasteiger charge is -2.42. The average Bonchev–Trinajstić information content (AvgIpc) is 2.30. The summed E-state index contributed by atoms with van der Waals surface area (Å²) in [6.07, 6.45) is -4.74. The fourth-order valence-corrected chi connectivity index (χ4v) is 1.51. The van der Waals surface area contributed by atoms with Gasteiger partial charge in [-0.1, -0.05) is 6.08 Å². The molecule has 4 N–H and O–H groups in total. The van der Waals surface area contributed by atoms with Crippen molar-refractivity contribution in [2.24, 2.45) is 0 Å². The van der Waals surface area contributed by atoms with Crippen LogP contribution in [0, 0.1) is 0 Å². The zero-order valence-corrected chi connectivity index (χ0v) is 9.98. The fourth-order valence-electron chi connectivity index (χ4n) is 1.51. The van der Waals surface area contributed by atoms with Crippen molar-refractivity contribution in [3.8, 4) is 0 Å². The van der Waals surface area contributed by atoms with Gasteiger partial charge in [-0.15, -0.1) is 6.58 Å². The molecular formula is C11H20O6. The number of aliphatic hydroxyl groups excluding tert-OH is 4. The van der Waals surface area contributed by atoms with E-state index in [0.717, 1.165) is 0 Å². The Bertz CT molecular complexity index is 265. The third kappa shape index (κ3) is 3.25. The largest absolute Gasteiger partial charge is 0.394 e. The van der Waals surface area contributed by atoms with Crippen LogP contribution in [0.15, 0.2) is 12.7 Å². The Morgan fingerprint density at radius 3 is 2.29 bits per heavy atom. The molecule has 1 heterocycles. The highest BCUT2D eigenvalue weighted by molar-refractivity contribution is 4.94. The van der Waals surface area contributed by atoms with Crippen molar-refractivity contribution in [1.82, 2.24) is 0 Å². The summed E-state index contributed by atoms with van der Waals surface area (Å²) in [6.45, 7) is 6.52. The van der Waals surface area contributed by atoms with Crippen molar-refractivity contribution >= 4 is 0 Å². The molecule has 0 spiro atoms. The van der Waals surface area contributed by atoms with Gasteiger partial charge in [-0.2, -0.15) is 0 Å². The summed E-state index contributed by atoms with van der Waals surface area (Å²) in [5, 5.41) is 37.8. The van der Waals surface area contributed by atoms with Crippen LogP contribution in [0.2, 0.25) is 0 Å². The number of rotatable bonds is 4. The van der Waals surface area contributed by atoms with Crippen LogP contribution in [0.1, 0.15) is 13.8 Å². The lowest BCUT2D eigenvalue weighted by Crippen LogP contribution is -2.60. The van der Waals surface area contributed by atoms with E-state index in [9.17, 15) is 15.3 Å². The Labute approximate surface area is 100 Å². The standard InChI is InChI=1S/C11H20O6/c1-4-11(2,3)17-10-9(15)8(14)7(13)6(5-12)16-10/h4,6-10,12-15H,1,5H2,2-3H3/t6-,7-,8+,9-,10+/m0/s1. The number of aliphatic hydroxyl groups is 4. The Hall–Kier alpha value is -0.500. The maximum atomic E-state index is 9.70. The molecule has 0 unspecified atom stereocenters. The van der Waals surface area contributed by atoms with Crippen LogP contribution in [0.3, 0.4) is 0 Å². The SMILES string of the molecule is C=CC(C)(C)O[C@H]1O[C@@H](CO)[C@H](O)[C@@H](O)[C@@H]1O. The van der Waals surface area contributed by atoms with Gasteiger partial charge in [0, 0.05) is 0 Å². The van der Waals surface area contributed by atoms with Crippen molar-refractivity contribution in [3.63, 3.8) is 0 Å². The molecule has 1 aliphatic heterocycles. The summed E-state index contributed by atoms with van der Waals surface area (Å²) in [5.74, 6) is 0. The predicted molar refractivity (Wildman–Crippen MR) is 59.1 cm³/mol. The molecule has 0 saturated carbocycles. The maximum absolute atomic E-state index is 9.70. The van der Waals surface area contributed by atoms with E-state index >= 15 is 0 Å². The zero-order chi connectivity index (χ0) is 13.2. The van der Waals surface area contributed by atoms with E-state index in [4.69, 9.17) is 14.6 Å². The van der Waals surface area contributed by atoms with Crippen LogP contribution < -0.4 is 0 Å². The minimum atomic E-state index is -1.42. The van der Waals surface area contributed by atoms with Crippen molar-refractivity contribution < 1.29 is 29.9 Å². The van der Waals surface area contributed by atoms with E-state index in [1.165, 1.54) is 6.08 Å². The van der Waals surface area contributed by atoms with Gasteiger partial charge in [-0.25, -0.2) is 0 Å². The Kier molecular flexibility index (Phi) is 4.65. The van der Waals surface area contributed by atoms with Gasteiger partial charge in [0.2, 0.25) is 0 Å². The molecule has 1 saturated heterocycles. The topological polar surface area (TPSA) is 99.4 Å². The second kappa shape index (κ2) is 5.43. The lowest BCUT2D eigenvalue weighted by atomic mass is 9.99. The third-order valence-electron chi connectivity index (χ3n) is 2.76. The molecular weight excluding hydrogens is 228 g/mol. The van der Waals surface area contributed by atoms with Crippen molar-refractivity contribution in [2.75, 3.05) is 6.61 Å². The first-order valence-electron chi connectivity index (χ1n) is 5.44. The Balaban J connectivity index is 2.75. The van der Waals surface area contributed by atoms with Crippen molar-refractivity contribution in [2.45, 2.75) is 50.2 Å². The van der Waals surface area contributed by atoms with E-state index in [2.05, 4.69) is 6.58 Å². The van der Waals surface area contributed by atoms with Gasteiger partial charge in [-0.3, -0.25) is 0 Å². The monoisotopic (exact) mass is 248 g/mol. The molecule has 6 nitrogen and oxygen atoms in total. The minimum Gasteiger partial charge on any atom is -0.394 e. The first-order chi connectivity index (χ1) is 7.82. The molecule has 6 heteroatoms. The molecule has 5 atom stereocenters. The summed E-state index contributed by atoms with van der Waals surface area (Å²) >= 11 is 0. The Morgan fingerprint density at radius 1 is 1.24 bits per heavy atom. The lowest BCUT2D eigenvalue weighted by molar-refractivity contribution is -0.317. The van der Waals surface area contributed by atoms with E-state index in [-0.39, 0.29) is 0 Å². The average molecular weight is 248 g/mol. The normalized spacial score (nSPS) is 39.1. The zero-order valence-electron chi connectivity index (χ0n) is 9.98. The van der Waals surface area contributed by atoms with Gasteiger partial charge >= 0.3 is 0 Å². The molecule has 1 fully saturated rings. The van der Waals surface area contributed by atoms with Crippen LogP contribution in [-0.2, 0) is 9.47 Å². The molecule has 100 valence electrons. The summed E-state index contributed by atoms with van der Waals surface area (Å²) in [7, 11) is 0. The Morgan fingerprint density at radius 2 is 1.82 bits per heavy atom. The van der Waals surface area contributed by atoms with E-state index in [1.807, 2.05) is 0 Å². The van der Waals surface area contributed by atoms with E-state index in [0.29, 0.717) is 0 Å². The molecule has 1 aliphatic rings. The van der Waals surface area contributed by atoms with E-state index in [1.54, 1.807) is 13.8 Å². The van der Waals surface area contributed by atoms with Gasteiger partial charge < -0.3 is 29.9 Å². The number of hydrogen-bond donors (Lipinski definition) is 4. The van der Waals surface area contributed by atoms with Gasteiger partial charge in [0.25, 0.3) is 0 Å². The quantitative estimate of drug-likeness (QED) is 0.465. The third-order valence-corrected chi connectivity index (χ3v) is 2.76. The highest BCUT2D eigenvalue weighted by Gasteiger charge is 2.45. The number of hydrogen-bond acceptors (Lipinski definition) is 6. The molecule has 0 aromatic heterocycles. The molecule has 17 heavy (non-hydrogen) atoms. The van der Waals surface area contributed by atoms with Crippen LogP contribution in [-0.4, -0.2) is 63.3 Å². The van der Waals surface area contributed by atoms with Crippen LogP contribution in [0.5, 0.6) is 0 Å². The van der Waals surface area contributed by atoms with E-state index < -0.39 is 42.9 Å². The molecule has 0 aromatic rings. The minimum absolute atomic E-state index is 0.473. The summed E-state index contributed by atoms with van der Waals surface area (Å²) < 4.78 is 10.6. The smallest absolute Gasteiger partial charge is 0.187 e. The van der Waals surface area contributed by atoms with Crippen LogP contribution in [0.25, 0.3) is 0 Å². The van der Waals surface area contributed by atoms with Crippen molar-refractivity contribution in [3.05, 3.63) is 12.7 Å². The van der Waals surface area contributed by atoms with Gasteiger partial charge in [0.15, 0.2) is 6.29 Å². The summed E-state index contributed by atoms with van der Waals surface area (Å²) in [6, 6.07) is 0.